The zero-order valence-electron chi connectivity index (χ0n) is 39.7. The lowest BCUT2D eigenvalue weighted by Crippen LogP contribution is -2.60. The van der Waals surface area contributed by atoms with E-state index in [0.717, 1.165) is 76.0 Å². The van der Waals surface area contributed by atoms with Crippen LogP contribution in [0.15, 0.2) is 48.7 Å². The van der Waals surface area contributed by atoms with Crippen LogP contribution in [0.5, 0.6) is 5.75 Å². The first-order chi connectivity index (χ1) is 30.9. The Hall–Kier alpha value is -5.02. The maximum absolute atomic E-state index is 14.3. The molecule has 0 spiro atoms. The number of hydrogen-bond acceptors (Lipinski definition) is 11. The number of benzene rings is 2. The highest BCUT2D eigenvalue weighted by atomic mass is 16.6. The minimum Gasteiger partial charge on any atom is -0.508 e. The lowest BCUT2D eigenvalue weighted by atomic mass is 9.82. The van der Waals surface area contributed by atoms with Gasteiger partial charge in [-0.3, -0.25) is 19.6 Å². The molecule has 2 amide bonds. The van der Waals surface area contributed by atoms with E-state index in [1.54, 1.807) is 40.0 Å². The number of hydrazine groups is 1. The van der Waals surface area contributed by atoms with Crippen molar-refractivity contribution >= 4 is 28.9 Å². The third kappa shape index (κ3) is 9.91. The van der Waals surface area contributed by atoms with Gasteiger partial charge < -0.3 is 38.8 Å². The summed E-state index contributed by atoms with van der Waals surface area (Å²) in [5, 5.41) is 16.5. The summed E-state index contributed by atoms with van der Waals surface area (Å²) >= 11 is 0. The van der Waals surface area contributed by atoms with Crippen molar-refractivity contribution in [3.05, 3.63) is 71.0 Å². The summed E-state index contributed by atoms with van der Waals surface area (Å²) in [7, 11) is 3.53. The number of rotatable bonds is 8. The van der Waals surface area contributed by atoms with Crippen LogP contribution < -0.4 is 10.7 Å². The average molecular weight is 893 g/mol. The van der Waals surface area contributed by atoms with Gasteiger partial charge >= 0.3 is 12.1 Å². The highest BCUT2D eigenvalue weighted by Gasteiger charge is 2.42. The molecule has 2 aromatic carbocycles. The first-order valence-electron chi connectivity index (χ1n) is 23.5. The van der Waals surface area contributed by atoms with Crippen LogP contribution in [0, 0.1) is 5.41 Å². The van der Waals surface area contributed by atoms with Crippen LogP contribution in [0.3, 0.4) is 0 Å². The summed E-state index contributed by atoms with van der Waals surface area (Å²) in [6, 6.07) is 12.8. The molecule has 1 aliphatic carbocycles. The number of esters is 1. The van der Waals surface area contributed by atoms with Crippen molar-refractivity contribution in [1.29, 1.82) is 0 Å². The van der Waals surface area contributed by atoms with Gasteiger partial charge in [-0.2, -0.15) is 0 Å². The number of aromatic nitrogens is 2. The molecule has 3 fully saturated rings. The number of phenols is 1. The number of alkyl carbamates (subject to hydrolysis) is 1. The van der Waals surface area contributed by atoms with E-state index in [1.165, 1.54) is 17.9 Å². The van der Waals surface area contributed by atoms with Gasteiger partial charge in [0.2, 0.25) is 0 Å². The molecule has 14 nitrogen and oxygen atoms in total. The molecule has 5 heterocycles. The molecule has 2 aromatic heterocycles. The zero-order valence-corrected chi connectivity index (χ0v) is 39.7. The molecule has 14 heteroatoms. The predicted molar refractivity (Wildman–Crippen MR) is 249 cm³/mol. The minimum absolute atomic E-state index is 0.0265. The van der Waals surface area contributed by atoms with Crippen molar-refractivity contribution in [1.82, 2.24) is 30.2 Å². The van der Waals surface area contributed by atoms with Gasteiger partial charge in [-0.15, -0.1) is 0 Å². The fourth-order valence-corrected chi connectivity index (χ4v) is 10.1. The number of fused-ring (bicyclic) bond motifs is 6. The Balaban J connectivity index is 1.29. The fourth-order valence-electron chi connectivity index (χ4n) is 10.1. The van der Waals surface area contributed by atoms with Crippen LogP contribution >= 0.6 is 0 Å². The number of likely N-dealkylation sites (tertiary alicyclic amines) is 1. The van der Waals surface area contributed by atoms with E-state index in [2.05, 4.69) is 65.2 Å². The predicted octanol–water partition coefficient (Wildman–Crippen LogP) is 7.96. The van der Waals surface area contributed by atoms with Gasteiger partial charge in [0.1, 0.15) is 23.4 Å². The summed E-state index contributed by atoms with van der Waals surface area (Å²) in [6.07, 6.45) is 6.84. The van der Waals surface area contributed by atoms with Crippen LogP contribution in [0.25, 0.3) is 33.3 Å². The third-order valence-electron chi connectivity index (χ3n) is 13.7. The molecule has 2 saturated heterocycles. The van der Waals surface area contributed by atoms with Crippen molar-refractivity contribution in [2.24, 2.45) is 5.41 Å². The monoisotopic (exact) mass is 893 g/mol. The number of methoxy groups -OCH3 is 2. The minimum atomic E-state index is -1.08. The average Bonchev–Trinajstić information content (AvgIpc) is 4.09. The third-order valence-corrected chi connectivity index (χ3v) is 13.7. The van der Waals surface area contributed by atoms with Crippen LogP contribution in [0.1, 0.15) is 115 Å². The number of amides is 2. The zero-order chi connectivity index (χ0) is 46.4. The second-order valence-electron chi connectivity index (χ2n) is 20.4. The second-order valence-corrected chi connectivity index (χ2v) is 20.4. The van der Waals surface area contributed by atoms with Gasteiger partial charge in [0.15, 0.2) is 0 Å². The molecule has 350 valence electrons. The Kier molecular flexibility index (Phi) is 13.1. The van der Waals surface area contributed by atoms with Gasteiger partial charge in [-0.25, -0.2) is 10.2 Å². The maximum atomic E-state index is 14.3. The number of hydrogen-bond donors (Lipinski definition) is 3. The van der Waals surface area contributed by atoms with Gasteiger partial charge in [0.25, 0.3) is 5.91 Å². The summed E-state index contributed by atoms with van der Waals surface area (Å²) in [5.74, 6) is -0.853. The van der Waals surface area contributed by atoms with Crippen LogP contribution in [0.2, 0.25) is 0 Å². The number of cyclic esters (lactones) is 1. The summed E-state index contributed by atoms with van der Waals surface area (Å²) in [4.78, 5) is 49.2. The number of aryl methyl sites for hydroxylation is 1. The van der Waals surface area contributed by atoms with Crippen LogP contribution in [0.4, 0.5) is 4.79 Å². The highest BCUT2D eigenvalue weighted by Crippen LogP contribution is 2.46. The number of nitrogens with zero attached hydrogens (tertiary/aromatic N) is 4. The Bertz CT molecular complexity index is 2430. The molecule has 8 rings (SSSR count). The van der Waals surface area contributed by atoms with Crippen LogP contribution in [-0.2, 0) is 53.5 Å². The SMILES string of the molecule is CCn1c(-c2cc(C3(OC)CCN(C4CC4)CC3)cnc2[C@H](C)OC)c2c3cc(ccc31)-c1cc(O)cc(c1)C[C@H](NC(=O)OC(C)(C)C)C(=O)N1CCC[C@H](N1)C(=O)OCC(C)(C)C2. The first kappa shape index (κ1) is 46.5. The van der Waals surface area contributed by atoms with E-state index in [0.29, 0.717) is 44.0 Å². The molecular weight excluding hydrogens is 825 g/mol. The van der Waals surface area contributed by atoms with E-state index in [-0.39, 0.29) is 24.9 Å². The largest absolute Gasteiger partial charge is 0.508 e. The van der Waals surface area contributed by atoms with E-state index in [9.17, 15) is 19.5 Å². The lowest BCUT2D eigenvalue weighted by molar-refractivity contribution is -0.155. The molecular formula is C51H68N6O8. The van der Waals surface area contributed by atoms with Crippen molar-refractivity contribution in [3.8, 4) is 28.1 Å². The molecule has 1 saturated carbocycles. The quantitative estimate of drug-likeness (QED) is 0.148. The number of piperidine rings is 1. The van der Waals surface area contributed by atoms with Gasteiger partial charge in [-0.05, 0) is 132 Å². The topological polar surface area (TPSA) is 157 Å². The Labute approximate surface area is 383 Å². The molecule has 4 aliphatic rings. The standard InChI is InChI=1S/C51H68N6O8/c1-10-56-43-16-13-33-26-38(43)40(45(56)39-27-35(29-52-44(39)31(2)62-8)51(63-9)17-20-55(21-18-51)36-14-15-36)28-50(6,7)30-64-47(60)41-12-11-19-57(54-41)46(59)42(53-48(61)65-49(3,4)5)24-32-22-34(33)25-37(58)23-32/h13,16,22-23,25-27,29,31,36,41-42,54,58H,10-12,14-15,17-21,24,28,30H2,1-9H3,(H,53,61)/t31-,41-,42-/m0/s1. The van der Waals surface area contributed by atoms with E-state index >= 15 is 0 Å². The summed E-state index contributed by atoms with van der Waals surface area (Å²) in [5.41, 5.74) is 9.52. The number of aromatic hydroxyl groups is 1. The molecule has 3 N–H and O–H groups in total. The number of phenolic OH excluding ortho intramolecular Hbond substituents is 1. The Morgan fingerprint density at radius 3 is 2.46 bits per heavy atom. The molecule has 3 aliphatic heterocycles. The smallest absolute Gasteiger partial charge is 0.408 e. The van der Waals surface area contributed by atoms with Crippen LogP contribution in [-0.4, -0.2) is 107 Å². The number of ether oxygens (including phenoxy) is 4. The number of carbonyl (C=O) groups is 3. The molecule has 0 unspecified atom stereocenters. The van der Waals surface area contributed by atoms with E-state index in [1.807, 2.05) is 26.3 Å². The van der Waals surface area contributed by atoms with Crippen molar-refractivity contribution in [2.75, 3.05) is 40.5 Å². The van der Waals surface area contributed by atoms with Gasteiger partial charge in [0.05, 0.1) is 29.7 Å². The van der Waals surface area contributed by atoms with Crippen molar-refractivity contribution in [2.45, 2.75) is 142 Å². The fraction of sp³-hybridized carbons (Fsp3) is 0.569. The van der Waals surface area contributed by atoms with Gasteiger partial charge in [0, 0.05) is 86.5 Å². The lowest BCUT2D eigenvalue weighted by Gasteiger charge is -2.41. The van der Waals surface area contributed by atoms with Crippen molar-refractivity contribution in [3.63, 3.8) is 0 Å². The summed E-state index contributed by atoms with van der Waals surface area (Å²) in [6.45, 7) is 16.7. The normalized spacial score (nSPS) is 22.3. The first-order valence-corrected chi connectivity index (χ1v) is 23.5. The number of carbonyl (C=O) groups excluding carboxylic acids is 3. The molecule has 0 radical (unpaired) electrons. The number of pyridine rings is 1. The molecule has 4 aromatic rings. The van der Waals surface area contributed by atoms with E-state index < -0.39 is 46.7 Å². The highest BCUT2D eigenvalue weighted by molar-refractivity contribution is 5.95. The maximum Gasteiger partial charge on any atom is 0.408 e. The summed E-state index contributed by atoms with van der Waals surface area (Å²) < 4.78 is 26.6. The molecule has 65 heavy (non-hydrogen) atoms. The van der Waals surface area contributed by atoms with Gasteiger partial charge in [-0.1, -0.05) is 26.0 Å². The number of nitrogens with one attached hydrogen (secondary N) is 2. The Morgan fingerprint density at radius 1 is 1.03 bits per heavy atom. The second kappa shape index (κ2) is 18.3. The van der Waals surface area contributed by atoms with E-state index in [4.69, 9.17) is 23.9 Å². The Morgan fingerprint density at radius 2 is 1.78 bits per heavy atom. The molecule has 6 bridgehead atoms. The van der Waals surface area contributed by atoms with Crippen molar-refractivity contribution < 1.29 is 38.4 Å². The molecule has 3 atom stereocenters.